The second-order valence-electron chi connectivity index (χ2n) is 21.0. The molecular formula is C62H119NO5. The predicted molar refractivity (Wildman–Crippen MR) is 296 cm³/mol. The van der Waals surface area contributed by atoms with Crippen LogP contribution >= 0.6 is 0 Å². The van der Waals surface area contributed by atoms with Crippen LogP contribution in [0.5, 0.6) is 0 Å². The highest BCUT2D eigenvalue weighted by molar-refractivity contribution is 5.76. The molecule has 0 spiro atoms. The van der Waals surface area contributed by atoms with E-state index in [1.54, 1.807) is 0 Å². The molecule has 0 saturated carbocycles. The molecule has 3 N–H and O–H groups in total. The van der Waals surface area contributed by atoms with Crippen LogP contribution in [0.2, 0.25) is 0 Å². The standard InChI is InChI=1S/C62H119NO5/c1-3-5-7-9-11-13-35-40-44-48-52-56-62(67)68-57-53-49-45-41-37-34-32-30-28-26-24-22-20-18-16-14-15-17-19-21-23-25-27-29-31-33-36-39-43-47-51-55-61(66)63-59(58-64)60(65)54-50-46-42-38-12-10-8-6-4-2/h16,18,22,24,59-60,64-65H,3-15,17,19-21,23,25-58H2,1-2H3,(H,63,66)/b18-16-,24-22-. The molecule has 0 bridgehead atoms. The van der Waals surface area contributed by atoms with E-state index in [1.165, 1.54) is 257 Å². The van der Waals surface area contributed by atoms with Crippen molar-refractivity contribution < 1.29 is 24.5 Å². The maximum absolute atomic E-state index is 12.4. The Bertz CT molecular complexity index is 1060. The molecule has 2 unspecified atom stereocenters. The molecule has 0 aromatic rings. The molecule has 0 saturated heterocycles. The number of carbonyl (C=O) groups excluding carboxylic acids is 2. The van der Waals surface area contributed by atoms with Crippen molar-refractivity contribution in [2.75, 3.05) is 13.2 Å². The fourth-order valence-corrected chi connectivity index (χ4v) is 9.55. The van der Waals surface area contributed by atoms with Gasteiger partial charge in [0.25, 0.3) is 0 Å². The Hall–Kier alpha value is -1.66. The fraction of sp³-hybridized carbons (Fsp3) is 0.903. The molecular weight excluding hydrogens is 839 g/mol. The smallest absolute Gasteiger partial charge is 0.305 e. The average Bonchev–Trinajstić information content (AvgIpc) is 3.34. The predicted octanol–water partition coefficient (Wildman–Crippen LogP) is 19.0. The lowest BCUT2D eigenvalue weighted by molar-refractivity contribution is -0.143. The van der Waals surface area contributed by atoms with Gasteiger partial charge in [-0.25, -0.2) is 0 Å². The van der Waals surface area contributed by atoms with Crippen molar-refractivity contribution in [1.29, 1.82) is 0 Å². The van der Waals surface area contributed by atoms with Gasteiger partial charge in [0.1, 0.15) is 0 Å². The first-order chi connectivity index (χ1) is 33.5. The number of aliphatic hydroxyl groups excluding tert-OH is 2. The number of allylic oxidation sites excluding steroid dienone is 4. The van der Waals surface area contributed by atoms with Gasteiger partial charge in [-0.3, -0.25) is 9.59 Å². The minimum absolute atomic E-state index is 0.0129. The second-order valence-corrected chi connectivity index (χ2v) is 21.0. The van der Waals surface area contributed by atoms with Gasteiger partial charge in [0.15, 0.2) is 0 Å². The third-order valence-corrected chi connectivity index (χ3v) is 14.3. The average molecular weight is 959 g/mol. The van der Waals surface area contributed by atoms with Gasteiger partial charge >= 0.3 is 5.97 Å². The van der Waals surface area contributed by atoms with Gasteiger partial charge in [0.2, 0.25) is 5.91 Å². The SMILES string of the molecule is CCCCCCCCCCCCCC(=O)OCCCCCCCCCCC/C=C\C/C=C\CCCCCCCCCCCCCCCCCC(=O)NC(CO)C(O)CCCCCCCCCCC. The Labute approximate surface area is 424 Å². The summed E-state index contributed by atoms with van der Waals surface area (Å²) < 4.78 is 5.46. The van der Waals surface area contributed by atoms with Crippen LogP contribution in [0.1, 0.15) is 335 Å². The van der Waals surface area contributed by atoms with Crippen LogP contribution in [0, 0.1) is 0 Å². The van der Waals surface area contributed by atoms with E-state index >= 15 is 0 Å². The highest BCUT2D eigenvalue weighted by Crippen LogP contribution is 2.17. The molecule has 2 atom stereocenters. The summed E-state index contributed by atoms with van der Waals surface area (Å²) >= 11 is 0. The van der Waals surface area contributed by atoms with E-state index in [4.69, 9.17) is 4.74 Å². The third-order valence-electron chi connectivity index (χ3n) is 14.3. The lowest BCUT2D eigenvalue weighted by atomic mass is 10.0. The molecule has 68 heavy (non-hydrogen) atoms. The van der Waals surface area contributed by atoms with E-state index in [0.717, 1.165) is 44.9 Å². The second kappa shape index (κ2) is 57.9. The van der Waals surface area contributed by atoms with Crippen LogP contribution in [0.3, 0.4) is 0 Å². The van der Waals surface area contributed by atoms with Gasteiger partial charge < -0.3 is 20.3 Å². The van der Waals surface area contributed by atoms with Crippen molar-refractivity contribution in [3.05, 3.63) is 24.3 Å². The molecule has 0 radical (unpaired) electrons. The Morgan fingerprint density at radius 2 is 0.735 bits per heavy atom. The number of hydrogen-bond donors (Lipinski definition) is 3. The molecule has 0 aliphatic carbocycles. The number of nitrogens with one attached hydrogen (secondary N) is 1. The summed E-state index contributed by atoms with van der Waals surface area (Å²) in [5.74, 6) is -0.0229. The Morgan fingerprint density at radius 1 is 0.412 bits per heavy atom. The van der Waals surface area contributed by atoms with E-state index in [0.29, 0.717) is 25.9 Å². The van der Waals surface area contributed by atoms with E-state index in [-0.39, 0.29) is 18.5 Å². The zero-order chi connectivity index (χ0) is 49.3. The van der Waals surface area contributed by atoms with Crippen molar-refractivity contribution in [1.82, 2.24) is 5.32 Å². The number of unbranched alkanes of at least 4 members (excludes halogenated alkanes) is 42. The van der Waals surface area contributed by atoms with Crippen LogP contribution in [-0.2, 0) is 14.3 Å². The highest BCUT2D eigenvalue weighted by atomic mass is 16.5. The summed E-state index contributed by atoms with van der Waals surface area (Å²) in [6, 6.07) is -0.538. The molecule has 402 valence electrons. The molecule has 0 rings (SSSR count). The summed E-state index contributed by atoms with van der Waals surface area (Å²) in [7, 11) is 0. The first-order valence-electron chi connectivity index (χ1n) is 30.6. The number of ether oxygens (including phenoxy) is 1. The summed E-state index contributed by atoms with van der Waals surface area (Å²) in [6.07, 6.45) is 70.7. The van der Waals surface area contributed by atoms with Gasteiger partial charge in [-0.2, -0.15) is 0 Å². The van der Waals surface area contributed by atoms with Crippen LogP contribution in [0.4, 0.5) is 0 Å². The van der Waals surface area contributed by atoms with E-state index in [1.807, 2.05) is 0 Å². The number of carbonyl (C=O) groups is 2. The highest BCUT2D eigenvalue weighted by Gasteiger charge is 2.20. The maximum atomic E-state index is 12.4. The first kappa shape index (κ1) is 66.3. The van der Waals surface area contributed by atoms with Crippen molar-refractivity contribution >= 4 is 11.9 Å². The van der Waals surface area contributed by atoms with Crippen molar-refractivity contribution in [3.8, 4) is 0 Å². The first-order valence-corrected chi connectivity index (χ1v) is 30.6. The monoisotopic (exact) mass is 958 g/mol. The largest absolute Gasteiger partial charge is 0.466 e. The zero-order valence-electron chi connectivity index (χ0n) is 45.9. The van der Waals surface area contributed by atoms with Crippen LogP contribution in [0.15, 0.2) is 24.3 Å². The molecule has 0 heterocycles. The minimum atomic E-state index is -0.661. The van der Waals surface area contributed by atoms with Gasteiger partial charge in [0.05, 0.1) is 25.4 Å². The van der Waals surface area contributed by atoms with Gasteiger partial charge in [-0.1, -0.05) is 289 Å². The molecule has 1 amide bonds. The van der Waals surface area contributed by atoms with Gasteiger partial charge in [-0.05, 0) is 57.8 Å². The Kier molecular flexibility index (Phi) is 56.5. The lowest BCUT2D eigenvalue weighted by Crippen LogP contribution is -2.45. The molecule has 6 nitrogen and oxygen atoms in total. The Balaban J connectivity index is 3.36. The molecule has 0 fully saturated rings. The van der Waals surface area contributed by atoms with E-state index < -0.39 is 12.1 Å². The van der Waals surface area contributed by atoms with E-state index in [9.17, 15) is 19.8 Å². The summed E-state index contributed by atoms with van der Waals surface area (Å²) in [5, 5.41) is 23.1. The third kappa shape index (κ3) is 53.7. The van der Waals surface area contributed by atoms with Gasteiger partial charge in [0, 0.05) is 12.8 Å². The minimum Gasteiger partial charge on any atom is -0.466 e. The topological polar surface area (TPSA) is 95.9 Å². The molecule has 0 aliphatic heterocycles. The number of aliphatic hydroxyl groups is 2. The number of hydrogen-bond acceptors (Lipinski definition) is 5. The molecule has 0 aromatic carbocycles. The van der Waals surface area contributed by atoms with Crippen molar-refractivity contribution in [2.24, 2.45) is 0 Å². The normalized spacial score (nSPS) is 12.7. The summed E-state index contributed by atoms with van der Waals surface area (Å²) in [5.41, 5.74) is 0. The summed E-state index contributed by atoms with van der Waals surface area (Å²) in [6.45, 7) is 4.94. The maximum Gasteiger partial charge on any atom is 0.305 e. The molecule has 0 aromatic heterocycles. The van der Waals surface area contributed by atoms with Crippen LogP contribution < -0.4 is 5.32 Å². The fourth-order valence-electron chi connectivity index (χ4n) is 9.55. The lowest BCUT2D eigenvalue weighted by Gasteiger charge is -2.22. The number of rotatable bonds is 57. The summed E-state index contributed by atoms with van der Waals surface area (Å²) in [4.78, 5) is 24.4. The van der Waals surface area contributed by atoms with Crippen molar-refractivity contribution in [3.63, 3.8) is 0 Å². The van der Waals surface area contributed by atoms with Gasteiger partial charge in [-0.15, -0.1) is 0 Å². The Morgan fingerprint density at radius 3 is 1.12 bits per heavy atom. The van der Waals surface area contributed by atoms with E-state index in [2.05, 4.69) is 43.5 Å². The number of amides is 1. The number of esters is 1. The van der Waals surface area contributed by atoms with Crippen LogP contribution in [0.25, 0.3) is 0 Å². The zero-order valence-corrected chi connectivity index (χ0v) is 45.9. The quantitative estimate of drug-likeness (QED) is 0.0321. The van der Waals surface area contributed by atoms with Crippen molar-refractivity contribution in [2.45, 2.75) is 347 Å². The van der Waals surface area contributed by atoms with Crippen LogP contribution in [-0.4, -0.2) is 47.4 Å². The molecule has 6 heteroatoms. The molecule has 0 aliphatic rings.